The van der Waals surface area contributed by atoms with Crippen molar-refractivity contribution in [3.63, 3.8) is 0 Å². The number of rotatable bonds is 4. The van der Waals surface area contributed by atoms with E-state index >= 15 is 0 Å². The lowest BCUT2D eigenvalue weighted by atomic mass is 10.2. The highest BCUT2D eigenvalue weighted by Crippen LogP contribution is 2.23. The predicted molar refractivity (Wildman–Crippen MR) is 81.3 cm³/mol. The van der Waals surface area contributed by atoms with Gasteiger partial charge < -0.3 is 5.73 Å². The molecular formula is C14H14ClFN2O2S. The van der Waals surface area contributed by atoms with Gasteiger partial charge in [0.1, 0.15) is 5.82 Å². The third-order valence-corrected chi connectivity index (χ3v) is 4.71. The molecule has 0 aliphatic heterocycles. The molecule has 0 aromatic heterocycles. The monoisotopic (exact) mass is 328 g/mol. The fraction of sp³-hybridized carbons (Fsp3) is 0.143. The number of hydrogen-bond acceptors (Lipinski definition) is 3. The van der Waals surface area contributed by atoms with Gasteiger partial charge in [0.15, 0.2) is 0 Å². The number of anilines is 1. The van der Waals surface area contributed by atoms with Gasteiger partial charge in [-0.2, -0.15) is 0 Å². The van der Waals surface area contributed by atoms with Crippen LogP contribution < -0.4 is 10.5 Å². The second kappa shape index (κ2) is 6.01. The molecule has 0 saturated carbocycles. The molecule has 0 fully saturated rings. The molecule has 2 rings (SSSR count). The molecule has 0 heterocycles. The highest BCUT2D eigenvalue weighted by molar-refractivity contribution is 7.92. The number of aryl methyl sites for hydroxylation is 1. The SMILES string of the molecule is Cc1cc(NS(=O)(=O)c2ccc(Cl)c(CN)c2)ccc1F. The summed E-state index contributed by atoms with van der Waals surface area (Å²) >= 11 is 5.91. The molecule has 0 aliphatic rings. The van der Waals surface area contributed by atoms with E-state index in [9.17, 15) is 12.8 Å². The molecule has 0 atom stereocenters. The number of halogens is 2. The van der Waals surface area contributed by atoms with Gasteiger partial charge in [0.05, 0.1) is 4.90 Å². The molecule has 3 N–H and O–H groups in total. The van der Waals surface area contributed by atoms with Gasteiger partial charge in [0.2, 0.25) is 0 Å². The first-order valence-electron chi connectivity index (χ1n) is 6.11. The van der Waals surface area contributed by atoms with Gasteiger partial charge in [0, 0.05) is 17.3 Å². The van der Waals surface area contributed by atoms with Crippen LogP contribution in [0.1, 0.15) is 11.1 Å². The molecule has 0 saturated heterocycles. The van der Waals surface area contributed by atoms with Crippen LogP contribution in [-0.2, 0) is 16.6 Å². The zero-order chi connectivity index (χ0) is 15.6. The number of benzene rings is 2. The maximum Gasteiger partial charge on any atom is 0.261 e. The lowest BCUT2D eigenvalue weighted by molar-refractivity contribution is 0.600. The van der Waals surface area contributed by atoms with E-state index in [2.05, 4.69) is 4.72 Å². The van der Waals surface area contributed by atoms with Crippen molar-refractivity contribution in [3.05, 3.63) is 58.4 Å². The Kier molecular flexibility index (Phi) is 4.51. The third-order valence-electron chi connectivity index (χ3n) is 2.96. The number of nitrogens with two attached hydrogens (primary N) is 1. The zero-order valence-electron chi connectivity index (χ0n) is 11.2. The first kappa shape index (κ1) is 15.8. The maximum atomic E-state index is 13.2. The normalized spacial score (nSPS) is 11.4. The minimum absolute atomic E-state index is 0.0503. The molecule has 2 aromatic carbocycles. The van der Waals surface area contributed by atoms with Gasteiger partial charge in [-0.15, -0.1) is 0 Å². The fourth-order valence-corrected chi connectivity index (χ4v) is 3.09. The Morgan fingerprint density at radius 3 is 2.57 bits per heavy atom. The quantitative estimate of drug-likeness (QED) is 0.906. The standard InChI is InChI=1S/C14H14ClFN2O2S/c1-9-6-11(2-5-14(9)16)18-21(19,20)12-3-4-13(15)10(7-12)8-17/h2-7,18H,8,17H2,1H3. The largest absolute Gasteiger partial charge is 0.326 e. The highest BCUT2D eigenvalue weighted by atomic mass is 35.5. The molecule has 4 nitrogen and oxygen atoms in total. The molecular weight excluding hydrogens is 315 g/mol. The van der Waals surface area contributed by atoms with Gasteiger partial charge in [-0.3, -0.25) is 4.72 Å². The van der Waals surface area contributed by atoms with E-state index in [4.69, 9.17) is 17.3 Å². The lowest BCUT2D eigenvalue weighted by Gasteiger charge is -2.10. The van der Waals surface area contributed by atoms with Crippen molar-refractivity contribution in [1.82, 2.24) is 0 Å². The van der Waals surface area contributed by atoms with Crippen molar-refractivity contribution in [2.24, 2.45) is 5.73 Å². The molecule has 0 unspecified atom stereocenters. The predicted octanol–water partition coefficient (Wildman–Crippen LogP) is 3.05. The average molecular weight is 329 g/mol. The fourth-order valence-electron chi connectivity index (χ4n) is 1.80. The maximum absolute atomic E-state index is 13.2. The number of hydrogen-bond donors (Lipinski definition) is 2. The van der Waals surface area contributed by atoms with E-state index in [0.717, 1.165) is 0 Å². The van der Waals surface area contributed by atoms with Crippen molar-refractivity contribution in [2.75, 3.05) is 4.72 Å². The van der Waals surface area contributed by atoms with E-state index in [0.29, 0.717) is 16.1 Å². The molecule has 21 heavy (non-hydrogen) atoms. The molecule has 0 spiro atoms. The Morgan fingerprint density at radius 1 is 1.24 bits per heavy atom. The lowest BCUT2D eigenvalue weighted by Crippen LogP contribution is -2.14. The van der Waals surface area contributed by atoms with Crippen LogP contribution in [0.3, 0.4) is 0 Å². The van der Waals surface area contributed by atoms with Gasteiger partial charge in [0.25, 0.3) is 10.0 Å². The molecule has 112 valence electrons. The summed E-state index contributed by atoms with van der Waals surface area (Å²) in [4.78, 5) is 0.0503. The van der Waals surface area contributed by atoms with E-state index < -0.39 is 15.8 Å². The number of sulfonamides is 1. The van der Waals surface area contributed by atoms with Crippen LogP contribution in [-0.4, -0.2) is 8.42 Å². The summed E-state index contributed by atoms with van der Waals surface area (Å²) in [6.45, 7) is 1.69. The number of nitrogens with one attached hydrogen (secondary N) is 1. The van der Waals surface area contributed by atoms with E-state index in [1.165, 1.54) is 36.4 Å². The summed E-state index contributed by atoms with van der Waals surface area (Å²) in [5.41, 5.74) is 6.69. The minimum atomic E-state index is -3.78. The van der Waals surface area contributed by atoms with Gasteiger partial charge in [-0.25, -0.2) is 12.8 Å². The Hall–Kier alpha value is -1.63. The van der Waals surface area contributed by atoms with Crippen LogP contribution in [0, 0.1) is 12.7 Å². The van der Waals surface area contributed by atoms with Crippen molar-refractivity contribution < 1.29 is 12.8 Å². The first-order chi connectivity index (χ1) is 9.83. The van der Waals surface area contributed by atoms with Crippen molar-refractivity contribution in [3.8, 4) is 0 Å². The Labute approximate surface area is 127 Å². The second-order valence-electron chi connectivity index (χ2n) is 4.53. The van der Waals surface area contributed by atoms with Gasteiger partial charge in [-0.1, -0.05) is 11.6 Å². The smallest absolute Gasteiger partial charge is 0.261 e. The van der Waals surface area contributed by atoms with Crippen molar-refractivity contribution in [1.29, 1.82) is 0 Å². The first-order valence-corrected chi connectivity index (χ1v) is 7.97. The van der Waals surface area contributed by atoms with Crippen molar-refractivity contribution >= 4 is 27.3 Å². The zero-order valence-corrected chi connectivity index (χ0v) is 12.8. The topological polar surface area (TPSA) is 72.2 Å². The third kappa shape index (κ3) is 3.53. The van der Waals surface area contributed by atoms with Gasteiger partial charge in [-0.05, 0) is 54.4 Å². The minimum Gasteiger partial charge on any atom is -0.326 e. The summed E-state index contributed by atoms with van der Waals surface area (Å²) in [5.74, 6) is -0.394. The Morgan fingerprint density at radius 2 is 1.95 bits per heavy atom. The van der Waals surface area contributed by atoms with Crippen LogP contribution in [0.25, 0.3) is 0 Å². The Bertz CT molecular complexity index is 779. The van der Waals surface area contributed by atoms with E-state index in [1.807, 2.05) is 0 Å². The van der Waals surface area contributed by atoms with Crippen LogP contribution in [0.5, 0.6) is 0 Å². The summed E-state index contributed by atoms with van der Waals surface area (Å²) in [5, 5.41) is 0.411. The molecule has 0 aliphatic carbocycles. The molecule has 2 aromatic rings. The second-order valence-corrected chi connectivity index (χ2v) is 6.62. The molecule has 0 bridgehead atoms. The molecule has 0 amide bonds. The summed E-state index contributed by atoms with van der Waals surface area (Å²) in [7, 11) is -3.78. The van der Waals surface area contributed by atoms with Crippen LogP contribution in [0.2, 0.25) is 5.02 Å². The molecule has 0 radical (unpaired) electrons. The van der Waals surface area contributed by atoms with E-state index in [1.54, 1.807) is 6.92 Å². The van der Waals surface area contributed by atoms with Crippen molar-refractivity contribution in [2.45, 2.75) is 18.4 Å². The van der Waals surface area contributed by atoms with Crippen LogP contribution >= 0.6 is 11.6 Å². The highest BCUT2D eigenvalue weighted by Gasteiger charge is 2.16. The average Bonchev–Trinajstić information content (AvgIpc) is 2.43. The summed E-state index contributed by atoms with van der Waals surface area (Å²) in [6, 6.07) is 8.28. The molecule has 7 heteroatoms. The van der Waals surface area contributed by atoms with Crippen LogP contribution in [0.15, 0.2) is 41.3 Å². The van der Waals surface area contributed by atoms with E-state index in [-0.39, 0.29) is 17.1 Å². The van der Waals surface area contributed by atoms with Gasteiger partial charge >= 0.3 is 0 Å². The summed E-state index contributed by atoms with van der Waals surface area (Å²) in [6.07, 6.45) is 0. The Balaban J connectivity index is 2.35. The summed E-state index contributed by atoms with van der Waals surface area (Å²) < 4.78 is 40.2. The van der Waals surface area contributed by atoms with Crippen LogP contribution in [0.4, 0.5) is 10.1 Å².